The smallest absolute Gasteiger partial charge is 0.357 e. The standard InChI is InChI=1S/C21H32BrNO5/c1-3-26-20(24)18-17(13-15-23-19(18)21(25)27-4-2)28-16-12-10-8-6-5-7-9-11-14-22/h13,15H,3-12,14,16H2,1-2H3. The van der Waals surface area contributed by atoms with Crippen molar-refractivity contribution in [2.45, 2.75) is 65.2 Å². The van der Waals surface area contributed by atoms with Gasteiger partial charge >= 0.3 is 11.9 Å². The van der Waals surface area contributed by atoms with Gasteiger partial charge in [0, 0.05) is 11.5 Å². The number of esters is 2. The first-order valence-corrected chi connectivity index (χ1v) is 11.3. The van der Waals surface area contributed by atoms with Crippen LogP contribution in [0.1, 0.15) is 86.1 Å². The van der Waals surface area contributed by atoms with Crippen molar-refractivity contribution in [2.24, 2.45) is 0 Å². The van der Waals surface area contributed by atoms with Crippen molar-refractivity contribution in [1.29, 1.82) is 0 Å². The van der Waals surface area contributed by atoms with Gasteiger partial charge in [0.2, 0.25) is 0 Å². The molecule has 0 aliphatic heterocycles. The molecule has 0 bridgehead atoms. The van der Waals surface area contributed by atoms with Crippen LogP contribution < -0.4 is 4.74 Å². The third-order valence-corrected chi connectivity index (χ3v) is 4.71. The molecule has 1 aromatic rings. The maximum absolute atomic E-state index is 12.3. The second kappa shape index (κ2) is 15.3. The van der Waals surface area contributed by atoms with Gasteiger partial charge in [-0.25, -0.2) is 14.6 Å². The van der Waals surface area contributed by atoms with Gasteiger partial charge in [0.25, 0.3) is 0 Å². The lowest BCUT2D eigenvalue weighted by atomic mass is 10.1. The fourth-order valence-corrected chi connectivity index (χ4v) is 3.15. The minimum Gasteiger partial charge on any atom is -0.493 e. The van der Waals surface area contributed by atoms with Gasteiger partial charge in [0.1, 0.15) is 11.3 Å². The number of ether oxygens (including phenoxy) is 3. The summed E-state index contributed by atoms with van der Waals surface area (Å²) < 4.78 is 15.8. The average Bonchev–Trinajstić information content (AvgIpc) is 2.69. The molecule has 0 unspecified atom stereocenters. The van der Waals surface area contributed by atoms with Gasteiger partial charge in [0.05, 0.1) is 19.8 Å². The van der Waals surface area contributed by atoms with E-state index < -0.39 is 11.9 Å². The zero-order chi connectivity index (χ0) is 20.6. The molecule has 0 radical (unpaired) electrons. The Morgan fingerprint density at radius 1 is 0.893 bits per heavy atom. The van der Waals surface area contributed by atoms with E-state index in [-0.39, 0.29) is 24.5 Å². The van der Waals surface area contributed by atoms with Gasteiger partial charge in [0.15, 0.2) is 5.69 Å². The summed E-state index contributed by atoms with van der Waals surface area (Å²) in [4.78, 5) is 28.4. The highest BCUT2D eigenvalue weighted by atomic mass is 79.9. The Morgan fingerprint density at radius 2 is 1.46 bits per heavy atom. The molecular weight excluding hydrogens is 426 g/mol. The molecule has 0 N–H and O–H groups in total. The van der Waals surface area contributed by atoms with Crippen molar-refractivity contribution in [3.05, 3.63) is 23.5 Å². The first-order chi connectivity index (χ1) is 13.7. The van der Waals surface area contributed by atoms with E-state index >= 15 is 0 Å². The highest BCUT2D eigenvalue weighted by Crippen LogP contribution is 2.23. The van der Waals surface area contributed by atoms with Gasteiger partial charge in [-0.2, -0.15) is 0 Å². The Balaban J connectivity index is 2.54. The number of pyridine rings is 1. The lowest BCUT2D eigenvalue weighted by molar-refractivity contribution is 0.0469. The number of halogens is 1. The minimum atomic E-state index is -0.657. The predicted molar refractivity (Wildman–Crippen MR) is 112 cm³/mol. The summed E-state index contributed by atoms with van der Waals surface area (Å²) >= 11 is 3.45. The summed E-state index contributed by atoms with van der Waals surface area (Å²) in [6.07, 6.45) is 10.9. The SMILES string of the molecule is CCOC(=O)c1nccc(OCCCCCCCCCCBr)c1C(=O)OCC. The van der Waals surface area contributed by atoms with E-state index in [2.05, 4.69) is 20.9 Å². The van der Waals surface area contributed by atoms with Gasteiger partial charge in [-0.15, -0.1) is 0 Å². The number of carbonyl (C=O) groups is 2. The molecule has 0 fully saturated rings. The van der Waals surface area contributed by atoms with Crippen LogP contribution in [0.5, 0.6) is 5.75 Å². The molecular formula is C21H32BrNO5. The van der Waals surface area contributed by atoms with Crippen LogP contribution in [0.25, 0.3) is 0 Å². The molecule has 158 valence electrons. The van der Waals surface area contributed by atoms with E-state index in [4.69, 9.17) is 14.2 Å². The van der Waals surface area contributed by atoms with Crippen LogP contribution in [0.4, 0.5) is 0 Å². The fourth-order valence-electron chi connectivity index (χ4n) is 2.76. The van der Waals surface area contributed by atoms with Crippen LogP contribution >= 0.6 is 15.9 Å². The van der Waals surface area contributed by atoms with Crippen LogP contribution in [0, 0.1) is 0 Å². The molecule has 1 heterocycles. The number of nitrogens with zero attached hydrogens (tertiary/aromatic N) is 1. The number of unbranched alkanes of at least 4 members (excludes halogenated alkanes) is 7. The molecule has 28 heavy (non-hydrogen) atoms. The molecule has 1 rings (SSSR count). The van der Waals surface area contributed by atoms with E-state index in [1.807, 2.05) is 0 Å². The van der Waals surface area contributed by atoms with Crippen LogP contribution in [0.15, 0.2) is 12.3 Å². The average molecular weight is 458 g/mol. The third-order valence-electron chi connectivity index (χ3n) is 4.15. The zero-order valence-corrected chi connectivity index (χ0v) is 18.6. The highest BCUT2D eigenvalue weighted by Gasteiger charge is 2.25. The maximum Gasteiger partial charge on any atom is 0.357 e. The molecule has 0 saturated carbocycles. The number of carbonyl (C=O) groups excluding carboxylic acids is 2. The zero-order valence-electron chi connectivity index (χ0n) is 17.0. The van der Waals surface area contributed by atoms with Gasteiger partial charge in [-0.05, 0) is 32.8 Å². The largest absolute Gasteiger partial charge is 0.493 e. The van der Waals surface area contributed by atoms with Crippen molar-refractivity contribution < 1.29 is 23.8 Å². The van der Waals surface area contributed by atoms with E-state index in [1.165, 1.54) is 44.7 Å². The number of hydrogen-bond acceptors (Lipinski definition) is 6. The molecule has 0 aliphatic carbocycles. The van der Waals surface area contributed by atoms with Crippen molar-refractivity contribution in [3.8, 4) is 5.75 Å². The molecule has 7 heteroatoms. The van der Waals surface area contributed by atoms with Gasteiger partial charge in [-0.1, -0.05) is 54.5 Å². The lowest BCUT2D eigenvalue weighted by Crippen LogP contribution is -2.17. The summed E-state index contributed by atoms with van der Waals surface area (Å²) in [6.45, 7) is 4.28. The third kappa shape index (κ3) is 9.04. The Labute approximate surface area is 176 Å². The summed E-state index contributed by atoms with van der Waals surface area (Å²) in [5, 5.41) is 1.09. The Hall–Kier alpha value is -1.63. The van der Waals surface area contributed by atoms with Crippen LogP contribution in [0.2, 0.25) is 0 Å². The molecule has 1 aromatic heterocycles. The van der Waals surface area contributed by atoms with E-state index in [1.54, 1.807) is 19.9 Å². The number of alkyl halides is 1. The van der Waals surface area contributed by atoms with Crippen molar-refractivity contribution >= 4 is 27.9 Å². The summed E-state index contributed by atoms with van der Waals surface area (Å²) in [7, 11) is 0. The van der Waals surface area contributed by atoms with Crippen molar-refractivity contribution in [3.63, 3.8) is 0 Å². The topological polar surface area (TPSA) is 74.7 Å². The number of hydrogen-bond donors (Lipinski definition) is 0. The molecule has 0 saturated heterocycles. The second-order valence-electron chi connectivity index (χ2n) is 6.34. The second-order valence-corrected chi connectivity index (χ2v) is 7.13. The Morgan fingerprint density at radius 3 is 2.07 bits per heavy atom. The lowest BCUT2D eigenvalue weighted by Gasteiger charge is -2.13. The number of rotatable bonds is 15. The quantitative estimate of drug-likeness (QED) is 0.201. The molecule has 0 aromatic carbocycles. The monoisotopic (exact) mass is 457 g/mol. The predicted octanol–water partition coefficient (Wildman–Crippen LogP) is 5.33. The summed E-state index contributed by atoms with van der Waals surface area (Å²) in [5.41, 5.74) is -0.0316. The van der Waals surface area contributed by atoms with Gasteiger partial charge < -0.3 is 14.2 Å². The molecule has 0 aliphatic rings. The molecule has 0 atom stereocenters. The highest BCUT2D eigenvalue weighted by molar-refractivity contribution is 9.09. The summed E-state index contributed by atoms with van der Waals surface area (Å²) in [5.74, 6) is -0.973. The van der Waals surface area contributed by atoms with Crippen LogP contribution in [0.3, 0.4) is 0 Å². The van der Waals surface area contributed by atoms with Crippen molar-refractivity contribution in [2.75, 3.05) is 25.2 Å². The normalized spacial score (nSPS) is 10.5. The van der Waals surface area contributed by atoms with Gasteiger partial charge in [-0.3, -0.25) is 0 Å². The van der Waals surface area contributed by atoms with E-state index in [9.17, 15) is 9.59 Å². The molecule has 0 amide bonds. The number of aromatic nitrogens is 1. The van der Waals surface area contributed by atoms with Crippen molar-refractivity contribution in [1.82, 2.24) is 4.98 Å². The Bertz CT molecular complexity index is 594. The van der Waals surface area contributed by atoms with E-state index in [0.29, 0.717) is 12.4 Å². The molecule has 6 nitrogen and oxygen atoms in total. The molecule has 0 spiro atoms. The first kappa shape index (κ1) is 24.4. The van der Waals surface area contributed by atoms with Crippen LogP contribution in [-0.2, 0) is 9.47 Å². The summed E-state index contributed by atoms with van der Waals surface area (Å²) in [6, 6.07) is 1.58. The minimum absolute atomic E-state index is 0.0367. The fraction of sp³-hybridized carbons (Fsp3) is 0.667. The maximum atomic E-state index is 12.3. The van der Waals surface area contributed by atoms with E-state index in [0.717, 1.165) is 18.2 Å². The Kier molecular flexibility index (Phi) is 13.3. The first-order valence-electron chi connectivity index (χ1n) is 10.2. The van der Waals surface area contributed by atoms with Crippen LogP contribution in [-0.4, -0.2) is 42.1 Å².